The van der Waals surface area contributed by atoms with Crippen LogP contribution >= 0.6 is 0 Å². The molecule has 3 heteroatoms. The number of nitrogens with two attached hydrogens (primary N) is 1. The summed E-state index contributed by atoms with van der Waals surface area (Å²) in [7, 11) is 0. The first-order valence-electron chi connectivity index (χ1n) is 3.71. The lowest BCUT2D eigenvalue weighted by atomic mass is 10.1. The molecule has 3 nitrogen and oxygen atoms in total. The van der Waals surface area contributed by atoms with E-state index in [1.165, 1.54) is 0 Å². The van der Waals surface area contributed by atoms with E-state index in [2.05, 4.69) is 0 Å². The second-order valence-electron chi connectivity index (χ2n) is 2.18. The Bertz CT molecular complexity index is 108. The van der Waals surface area contributed by atoms with Gasteiger partial charge in [-0.2, -0.15) is 0 Å². The Labute approximate surface area is 62.2 Å². The highest BCUT2D eigenvalue weighted by atomic mass is 16.2. The van der Waals surface area contributed by atoms with Crippen molar-refractivity contribution in [2.45, 2.75) is 26.8 Å². The molecule has 1 aliphatic rings. The topological polar surface area (TPSA) is 46.3 Å². The van der Waals surface area contributed by atoms with Crippen molar-refractivity contribution >= 4 is 5.91 Å². The van der Waals surface area contributed by atoms with Gasteiger partial charge in [-0.1, -0.05) is 13.8 Å². The summed E-state index contributed by atoms with van der Waals surface area (Å²) < 4.78 is 0. The van der Waals surface area contributed by atoms with Crippen molar-refractivity contribution in [2.24, 2.45) is 5.73 Å². The van der Waals surface area contributed by atoms with E-state index in [4.69, 9.17) is 5.73 Å². The molecular formula is C7H16N2O. The first-order valence-corrected chi connectivity index (χ1v) is 3.71. The summed E-state index contributed by atoms with van der Waals surface area (Å²) >= 11 is 0. The van der Waals surface area contributed by atoms with Crippen molar-refractivity contribution in [2.75, 3.05) is 13.1 Å². The number of likely N-dealkylation sites (tertiary alicyclic amines) is 1. The molecule has 10 heavy (non-hydrogen) atoms. The van der Waals surface area contributed by atoms with Crippen LogP contribution in [0.4, 0.5) is 0 Å². The lowest BCUT2D eigenvalue weighted by molar-refractivity contribution is -0.132. The van der Waals surface area contributed by atoms with Crippen LogP contribution in [0, 0.1) is 0 Å². The van der Waals surface area contributed by atoms with Gasteiger partial charge < -0.3 is 10.6 Å². The minimum atomic E-state index is 0.131. The zero-order chi connectivity index (χ0) is 8.15. The van der Waals surface area contributed by atoms with E-state index in [1.807, 2.05) is 13.8 Å². The largest absolute Gasteiger partial charge is 0.340 e. The van der Waals surface area contributed by atoms with E-state index in [1.54, 1.807) is 11.8 Å². The van der Waals surface area contributed by atoms with E-state index in [-0.39, 0.29) is 11.9 Å². The van der Waals surface area contributed by atoms with Gasteiger partial charge >= 0.3 is 0 Å². The van der Waals surface area contributed by atoms with Crippen molar-refractivity contribution in [3.8, 4) is 0 Å². The molecule has 2 N–H and O–H groups in total. The molecule has 0 aromatic rings. The lowest BCUT2D eigenvalue weighted by Crippen LogP contribution is -2.57. The molecule has 0 spiro atoms. The van der Waals surface area contributed by atoms with Gasteiger partial charge in [0.05, 0.1) is 0 Å². The molecule has 0 radical (unpaired) electrons. The summed E-state index contributed by atoms with van der Waals surface area (Å²) in [6, 6.07) is 0.235. The van der Waals surface area contributed by atoms with Gasteiger partial charge in [0.15, 0.2) is 0 Å². The number of rotatable bonds is 0. The lowest BCUT2D eigenvalue weighted by Gasteiger charge is -2.35. The molecular weight excluding hydrogens is 128 g/mol. The van der Waals surface area contributed by atoms with Crippen LogP contribution in [0.5, 0.6) is 0 Å². The third-order valence-electron chi connectivity index (χ3n) is 1.36. The Kier molecular flexibility index (Phi) is 4.03. The number of nitrogens with zero attached hydrogens (tertiary/aromatic N) is 1. The van der Waals surface area contributed by atoms with Gasteiger partial charge in [0.1, 0.15) is 0 Å². The average Bonchev–Trinajstić information content (AvgIpc) is 1.86. The SMILES string of the molecule is CC.CC(=O)N1CC(N)C1. The van der Waals surface area contributed by atoms with Crippen molar-refractivity contribution < 1.29 is 4.79 Å². The molecule has 0 saturated carbocycles. The van der Waals surface area contributed by atoms with Crippen molar-refractivity contribution in [3.05, 3.63) is 0 Å². The fraction of sp³-hybridized carbons (Fsp3) is 0.857. The maximum absolute atomic E-state index is 10.4. The molecule has 1 saturated heterocycles. The van der Waals surface area contributed by atoms with Crippen LogP contribution in [0.3, 0.4) is 0 Å². The average molecular weight is 144 g/mol. The monoisotopic (exact) mass is 144 g/mol. The molecule has 0 unspecified atom stereocenters. The van der Waals surface area contributed by atoms with Gasteiger partial charge in [-0.25, -0.2) is 0 Å². The van der Waals surface area contributed by atoms with Gasteiger partial charge in [0.2, 0.25) is 5.91 Å². The Morgan fingerprint density at radius 2 is 1.90 bits per heavy atom. The normalized spacial score (nSPS) is 17.0. The van der Waals surface area contributed by atoms with E-state index in [9.17, 15) is 4.79 Å². The third kappa shape index (κ3) is 2.35. The highest BCUT2D eigenvalue weighted by Crippen LogP contribution is 2.03. The van der Waals surface area contributed by atoms with E-state index >= 15 is 0 Å². The van der Waals surface area contributed by atoms with Crippen LogP contribution in [0.15, 0.2) is 0 Å². The smallest absolute Gasteiger partial charge is 0.219 e. The van der Waals surface area contributed by atoms with Crippen molar-refractivity contribution in [1.82, 2.24) is 4.90 Å². The zero-order valence-corrected chi connectivity index (χ0v) is 6.92. The molecule has 1 amide bonds. The first-order chi connectivity index (χ1) is 4.70. The molecule has 0 bridgehead atoms. The Hall–Kier alpha value is -0.570. The van der Waals surface area contributed by atoms with Crippen LogP contribution in [-0.4, -0.2) is 29.9 Å². The number of carbonyl (C=O) groups excluding carboxylic acids is 1. The number of hydrogen-bond acceptors (Lipinski definition) is 2. The minimum Gasteiger partial charge on any atom is -0.340 e. The van der Waals surface area contributed by atoms with Crippen molar-refractivity contribution in [3.63, 3.8) is 0 Å². The highest BCUT2D eigenvalue weighted by Gasteiger charge is 2.24. The maximum atomic E-state index is 10.4. The molecule has 1 fully saturated rings. The van der Waals surface area contributed by atoms with E-state index < -0.39 is 0 Å². The van der Waals surface area contributed by atoms with Crippen molar-refractivity contribution in [1.29, 1.82) is 0 Å². The highest BCUT2D eigenvalue weighted by molar-refractivity contribution is 5.74. The summed E-state index contributed by atoms with van der Waals surface area (Å²) in [5.74, 6) is 0.131. The van der Waals surface area contributed by atoms with Crippen LogP contribution < -0.4 is 5.73 Å². The second kappa shape index (κ2) is 4.28. The molecule has 0 atom stereocenters. The summed E-state index contributed by atoms with van der Waals surface area (Å²) in [6.07, 6.45) is 0. The van der Waals surface area contributed by atoms with Crippen LogP contribution in [0.1, 0.15) is 20.8 Å². The Morgan fingerprint density at radius 3 is 2.00 bits per heavy atom. The Balaban J connectivity index is 0.000000371. The van der Waals surface area contributed by atoms with Gasteiger partial charge in [0.25, 0.3) is 0 Å². The van der Waals surface area contributed by atoms with Gasteiger partial charge in [0, 0.05) is 26.1 Å². The Morgan fingerprint density at radius 1 is 1.50 bits per heavy atom. The number of carbonyl (C=O) groups is 1. The quantitative estimate of drug-likeness (QED) is 0.528. The molecule has 1 aliphatic heterocycles. The fourth-order valence-corrected chi connectivity index (χ4v) is 0.770. The summed E-state index contributed by atoms with van der Waals surface area (Å²) in [4.78, 5) is 12.2. The van der Waals surface area contributed by atoms with Crippen LogP contribution in [-0.2, 0) is 4.79 Å². The van der Waals surface area contributed by atoms with Crippen LogP contribution in [0.2, 0.25) is 0 Å². The van der Waals surface area contributed by atoms with Gasteiger partial charge in [-0.15, -0.1) is 0 Å². The molecule has 60 valence electrons. The zero-order valence-electron chi connectivity index (χ0n) is 6.92. The molecule has 0 aromatic carbocycles. The summed E-state index contributed by atoms with van der Waals surface area (Å²) in [5, 5.41) is 0. The standard InChI is InChI=1S/C5H10N2O.C2H6/c1-4(8)7-2-5(6)3-7;1-2/h5H,2-3,6H2,1H3;1-2H3. The van der Waals surface area contributed by atoms with Gasteiger partial charge in [-0.05, 0) is 0 Å². The van der Waals surface area contributed by atoms with E-state index in [0.29, 0.717) is 0 Å². The molecule has 1 heterocycles. The second-order valence-corrected chi connectivity index (χ2v) is 2.18. The molecule has 0 aliphatic carbocycles. The first kappa shape index (κ1) is 9.43. The minimum absolute atomic E-state index is 0.131. The predicted octanol–water partition coefficient (Wildman–Crippen LogP) is 0.202. The number of amides is 1. The van der Waals surface area contributed by atoms with E-state index in [0.717, 1.165) is 13.1 Å². The molecule has 1 rings (SSSR count). The maximum Gasteiger partial charge on any atom is 0.219 e. The molecule has 0 aromatic heterocycles. The summed E-state index contributed by atoms with van der Waals surface area (Å²) in [6.45, 7) is 7.05. The third-order valence-corrected chi connectivity index (χ3v) is 1.36. The predicted molar refractivity (Wildman–Crippen MR) is 41.6 cm³/mol. The summed E-state index contributed by atoms with van der Waals surface area (Å²) in [5.41, 5.74) is 5.41. The van der Waals surface area contributed by atoms with Crippen LogP contribution in [0.25, 0.3) is 0 Å². The van der Waals surface area contributed by atoms with Gasteiger partial charge in [-0.3, -0.25) is 4.79 Å². The fourth-order valence-electron chi connectivity index (χ4n) is 0.770. The number of hydrogen-bond donors (Lipinski definition) is 1.